The molecule has 1 rings (SSSR count). The Morgan fingerprint density at radius 3 is 2.28 bits per heavy atom. The minimum atomic E-state index is -1.95. The molecule has 1 aliphatic rings. The molecule has 1 unspecified atom stereocenters. The van der Waals surface area contributed by atoms with E-state index in [1.165, 1.54) is 11.8 Å². The summed E-state index contributed by atoms with van der Waals surface area (Å²) in [6.45, 7) is 6.47. The van der Waals surface area contributed by atoms with E-state index in [9.17, 15) is 14.4 Å². The van der Waals surface area contributed by atoms with E-state index in [-0.39, 0.29) is 15.9 Å². The molecule has 0 radical (unpaired) electrons. The van der Waals surface area contributed by atoms with Crippen molar-refractivity contribution in [3.05, 3.63) is 0 Å². The third-order valence-corrected chi connectivity index (χ3v) is 7.47. The van der Waals surface area contributed by atoms with Gasteiger partial charge in [0.1, 0.15) is 0 Å². The lowest BCUT2D eigenvalue weighted by molar-refractivity contribution is -0.151. The molecular weight excluding hydrogens is 344 g/mol. The third-order valence-electron chi connectivity index (χ3n) is 5.48. The molecule has 0 aliphatic heterocycles. The summed E-state index contributed by atoms with van der Waals surface area (Å²) in [6, 6.07) is -1.35. The second-order valence-corrected chi connectivity index (χ2v) is 9.12. The Balaban J connectivity index is 3.01. The molecule has 0 saturated heterocycles. The van der Waals surface area contributed by atoms with Gasteiger partial charge < -0.3 is 21.3 Å². The maximum atomic E-state index is 12.6. The average Bonchev–Trinajstić information content (AvgIpc) is 2.53. The zero-order valence-corrected chi connectivity index (χ0v) is 16.3. The van der Waals surface area contributed by atoms with Crippen molar-refractivity contribution in [2.75, 3.05) is 12.9 Å². The van der Waals surface area contributed by atoms with E-state index >= 15 is 0 Å². The SMILES string of the molecule is COC(=O)[C@@](N)(CSC1(C)CCCCC1(C)C)C(=O)[C@@H](N)CC(=O)O. The summed E-state index contributed by atoms with van der Waals surface area (Å²) in [5, 5.41) is 8.84. The van der Waals surface area contributed by atoms with Gasteiger partial charge >= 0.3 is 11.9 Å². The molecule has 5 N–H and O–H groups in total. The van der Waals surface area contributed by atoms with Crippen LogP contribution in [0.3, 0.4) is 0 Å². The number of aliphatic carboxylic acids is 1. The standard InChI is InChI=1S/C17H30N2O5S/c1-15(2)7-5-6-8-16(15,3)25-10-17(19,14(23)24-4)13(22)11(18)9-12(20)21/h11H,5-10,18-19H2,1-4H3,(H,20,21)/t11-,16?,17+/m0/s1. The Morgan fingerprint density at radius 2 is 1.80 bits per heavy atom. The topological polar surface area (TPSA) is 133 Å². The van der Waals surface area contributed by atoms with E-state index in [2.05, 4.69) is 20.8 Å². The summed E-state index contributed by atoms with van der Waals surface area (Å²) in [6.07, 6.45) is 3.66. The summed E-state index contributed by atoms with van der Waals surface area (Å²) < 4.78 is 4.56. The molecule has 1 saturated carbocycles. The number of esters is 1. The van der Waals surface area contributed by atoms with E-state index < -0.39 is 35.7 Å². The summed E-state index contributed by atoms with van der Waals surface area (Å²) in [5.41, 5.74) is 9.86. The Bertz CT molecular complexity index is 539. The maximum absolute atomic E-state index is 12.6. The fourth-order valence-corrected chi connectivity index (χ4v) is 4.78. The van der Waals surface area contributed by atoms with Crippen LogP contribution in [0.1, 0.15) is 52.9 Å². The smallest absolute Gasteiger partial charge is 0.334 e. The highest BCUT2D eigenvalue weighted by Gasteiger charge is 2.50. The van der Waals surface area contributed by atoms with Crippen LogP contribution in [0.25, 0.3) is 0 Å². The predicted molar refractivity (Wildman–Crippen MR) is 97.3 cm³/mol. The lowest BCUT2D eigenvalue weighted by Crippen LogP contribution is -2.63. The quantitative estimate of drug-likeness (QED) is 0.428. The van der Waals surface area contributed by atoms with Crippen molar-refractivity contribution >= 4 is 29.5 Å². The van der Waals surface area contributed by atoms with Gasteiger partial charge in [-0.15, -0.1) is 0 Å². The van der Waals surface area contributed by atoms with E-state index in [1.807, 2.05) is 0 Å². The molecular formula is C17H30N2O5S. The van der Waals surface area contributed by atoms with Crippen molar-refractivity contribution in [1.82, 2.24) is 0 Å². The minimum absolute atomic E-state index is 0.00571. The van der Waals surface area contributed by atoms with Crippen LogP contribution in [-0.2, 0) is 19.1 Å². The molecule has 0 spiro atoms. The molecule has 144 valence electrons. The first-order valence-electron chi connectivity index (χ1n) is 8.42. The van der Waals surface area contributed by atoms with E-state index in [1.54, 1.807) is 0 Å². The highest BCUT2D eigenvalue weighted by atomic mass is 32.2. The number of carbonyl (C=O) groups excluding carboxylic acids is 2. The Hall–Kier alpha value is -1.12. The lowest BCUT2D eigenvalue weighted by Gasteiger charge is -2.48. The second-order valence-electron chi connectivity index (χ2n) is 7.64. The van der Waals surface area contributed by atoms with Crippen molar-refractivity contribution in [2.24, 2.45) is 16.9 Å². The third kappa shape index (κ3) is 4.74. The number of hydrogen-bond donors (Lipinski definition) is 3. The van der Waals surface area contributed by atoms with Gasteiger partial charge in [-0.2, -0.15) is 11.8 Å². The van der Waals surface area contributed by atoms with Gasteiger partial charge in [0.25, 0.3) is 0 Å². The normalized spacial score (nSPS) is 26.3. The molecule has 25 heavy (non-hydrogen) atoms. The molecule has 0 bridgehead atoms. The molecule has 0 amide bonds. The first-order chi connectivity index (χ1) is 11.4. The monoisotopic (exact) mass is 374 g/mol. The number of Topliss-reactive ketones (excluding diaryl/α,β-unsaturated/α-hetero) is 1. The van der Waals surface area contributed by atoms with Gasteiger partial charge in [0.2, 0.25) is 0 Å². The first-order valence-corrected chi connectivity index (χ1v) is 9.41. The molecule has 0 aromatic rings. The molecule has 3 atom stereocenters. The van der Waals surface area contributed by atoms with Gasteiger partial charge in [-0.1, -0.05) is 26.7 Å². The van der Waals surface area contributed by atoms with Gasteiger partial charge in [0.05, 0.1) is 19.6 Å². The van der Waals surface area contributed by atoms with E-state index in [0.717, 1.165) is 32.8 Å². The molecule has 7 nitrogen and oxygen atoms in total. The molecule has 8 heteroatoms. The number of carboxylic acid groups (broad SMARTS) is 1. The fourth-order valence-electron chi connectivity index (χ4n) is 3.20. The number of methoxy groups -OCH3 is 1. The van der Waals surface area contributed by atoms with Crippen molar-refractivity contribution in [2.45, 2.75) is 69.2 Å². The van der Waals surface area contributed by atoms with Gasteiger partial charge in [0, 0.05) is 10.5 Å². The summed E-state index contributed by atoms with van der Waals surface area (Å²) in [4.78, 5) is 35.7. The molecule has 0 aromatic carbocycles. The highest BCUT2D eigenvalue weighted by molar-refractivity contribution is 8.00. The van der Waals surface area contributed by atoms with Crippen molar-refractivity contribution in [1.29, 1.82) is 0 Å². The van der Waals surface area contributed by atoms with Gasteiger partial charge in [-0.05, 0) is 25.2 Å². The van der Waals surface area contributed by atoms with Gasteiger partial charge in [0.15, 0.2) is 11.3 Å². The van der Waals surface area contributed by atoms with Crippen molar-refractivity contribution in [3.8, 4) is 0 Å². The average molecular weight is 375 g/mol. The van der Waals surface area contributed by atoms with Gasteiger partial charge in [-0.3, -0.25) is 9.59 Å². The number of ether oxygens (including phenoxy) is 1. The number of carbonyl (C=O) groups is 3. The fraction of sp³-hybridized carbons (Fsp3) is 0.824. The van der Waals surface area contributed by atoms with Crippen LogP contribution in [0.2, 0.25) is 0 Å². The van der Waals surface area contributed by atoms with Crippen LogP contribution < -0.4 is 11.5 Å². The second kappa shape index (κ2) is 8.05. The summed E-state index contributed by atoms with van der Waals surface area (Å²) >= 11 is 1.47. The summed E-state index contributed by atoms with van der Waals surface area (Å²) in [5.74, 6) is -2.90. The number of rotatable bonds is 8. The van der Waals surface area contributed by atoms with Crippen LogP contribution in [0.4, 0.5) is 0 Å². The highest BCUT2D eigenvalue weighted by Crippen LogP contribution is 2.52. The zero-order chi connectivity index (χ0) is 19.5. The Labute approximate surface area is 153 Å². The number of nitrogens with two attached hydrogens (primary N) is 2. The lowest BCUT2D eigenvalue weighted by atomic mass is 9.69. The summed E-state index contributed by atoms with van der Waals surface area (Å²) in [7, 11) is 1.15. The number of carboxylic acids is 1. The molecule has 0 aromatic heterocycles. The number of thioether (sulfide) groups is 1. The molecule has 1 aliphatic carbocycles. The largest absolute Gasteiger partial charge is 0.481 e. The van der Waals surface area contributed by atoms with E-state index in [4.69, 9.17) is 21.3 Å². The van der Waals surface area contributed by atoms with Crippen molar-refractivity contribution < 1.29 is 24.2 Å². The van der Waals surface area contributed by atoms with Crippen LogP contribution >= 0.6 is 11.8 Å². The maximum Gasteiger partial charge on any atom is 0.334 e. The Morgan fingerprint density at radius 1 is 1.24 bits per heavy atom. The van der Waals surface area contributed by atoms with Crippen molar-refractivity contribution in [3.63, 3.8) is 0 Å². The van der Waals surface area contributed by atoms with E-state index in [0.29, 0.717) is 0 Å². The Kier molecular flexibility index (Phi) is 7.06. The zero-order valence-electron chi connectivity index (χ0n) is 15.5. The molecule has 0 heterocycles. The minimum Gasteiger partial charge on any atom is -0.481 e. The number of ketones is 1. The molecule has 1 fully saturated rings. The van der Waals surface area contributed by atoms with Crippen LogP contribution in [0.15, 0.2) is 0 Å². The van der Waals surface area contributed by atoms with Crippen LogP contribution in [0, 0.1) is 5.41 Å². The predicted octanol–water partition coefficient (Wildman–Crippen LogP) is 1.32. The first kappa shape index (κ1) is 21.9. The van der Waals surface area contributed by atoms with Gasteiger partial charge in [-0.25, -0.2) is 4.79 Å². The van der Waals surface area contributed by atoms with Crippen LogP contribution in [-0.4, -0.2) is 52.0 Å². The number of hydrogen-bond acceptors (Lipinski definition) is 7. The van der Waals surface area contributed by atoms with Crippen LogP contribution in [0.5, 0.6) is 0 Å².